The molecule has 1 aromatic rings. The highest BCUT2D eigenvalue weighted by Crippen LogP contribution is 2.44. The van der Waals surface area contributed by atoms with Crippen LogP contribution < -0.4 is 4.74 Å². The van der Waals surface area contributed by atoms with E-state index in [9.17, 15) is 17.6 Å². The fourth-order valence-electron chi connectivity index (χ4n) is 5.08. The molecular formula is C23H30F4O. The average Bonchev–Trinajstić information content (AvgIpc) is 2.69. The van der Waals surface area contributed by atoms with Crippen LogP contribution in [0.15, 0.2) is 24.3 Å². The van der Waals surface area contributed by atoms with Crippen molar-refractivity contribution in [1.82, 2.24) is 0 Å². The number of halogens is 4. The number of allylic oxidation sites excluding steroid dienone is 2. The second-order valence-electron chi connectivity index (χ2n) is 8.32. The average molecular weight is 398 g/mol. The minimum absolute atomic E-state index is 0.0877. The molecule has 0 saturated heterocycles. The minimum Gasteiger partial charge on any atom is -0.429 e. The Kier molecular flexibility index (Phi) is 7.42. The van der Waals surface area contributed by atoms with Crippen molar-refractivity contribution in [2.45, 2.75) is 77.2 Å². The van der Waals surface area contributed by atoms with Gasteiger partial charge < -0.3 is 4.74 Å². The summed E-state index contributed by atoms with van der Waals surface area (Å²) in [5.74, 6) is -0.795. The van der Waals surface area contributed by atoms with Gasteiger partial charge in [-0.15, -0.1) is 0 Å². The Hall–Kier alpha value is -1.52. The lowest BCUT2D eigenvalue weighted by Gasteiger charge is -2.37. The van der Waals surface area contributed by atoms with Gasteiger partial charge in [0.25, 0.3) is 0 Å². The van der Waals surface area contributed by atoms with Gasteiger partial charge in [-0.05, 0) is 99.2 Å². The highest BCUT2D eigenvalue weighted by molar-refractivity contribution is 5.33. The van der Waals surface area contributed by atoms with Crippen molar-refractivity contribution in [1.29, 1.82) is 0 Å². The lowest BCUT2D eigenvalue weighted by Crippen LogP contribution is -2.25. The van der Waals surface area contributed by atoms with E-state index in [2.05, 4.69) is 23.8 Å². The van der Waals surface area contributed by atoms with E-state index in [1.54, 1.807) is 0 Å². The summed E-state index contributed by atoms with van der Waals surface area (Å²) in [6.07, 6.45) is 14.8. The van der Waals surface area contributed by atoms with Crippen LogP contribution >= 0.6 is 0 Å². The fraction of sp³-hybridized carbons (Fsp3) is 0.652. The standard InChI is InChI=1S/C23H30F4O/c1-2-3-4-15-5-7-16(8-6-15)17-9-11-18(12-10-17)19-13-20(24)22(21(25)14-19)28-23(26)27/h3-4,13-18,23H,2,5-12H2,1H3/b4-3+. The molecule has 0 spiro atoms. The van der Waals surface area contributed by atoms with Gasteiger partial charge >= 0.3 is 6.61 Å². The van der Waals surface area contributed by atoms with Crippen LogP contribution in [0.5, 0.6) is 5.75 Å². The van der Waals surface area contributed by atoms with Crippen molar-refractivity contribution in [2.24, 2.45) is 17.8 Å². The predicted molar refractivity (Wildman–Crippen MR) is 103 cm³/mol. The van der Waals surface area contributed by atoms with Gasteiger partial charge in [0, 0.05) is 0 Å². The Morgan fingerprint density at radius 3 is 1.96 bits per heavy atom. The maximum atomic E-state index is 14.0. The van der Waals surface area contributed by atoms with Crippen LogP contribution in [0.1, 0.15) is 76.2 Å². The number of rotatable bonds is 6. The summed E-state index contributed by atoms with van der Waals surface area (Å²) in [5.41, 5.74) is 0.559. The summed E-state index contributed by atoms with van der Waals surface area (Å²) in [7, 11) is 0. The van der Waals surface area contributed by atoms with Gasteiger partial charge in [0.05, 0.1) is 0 Å². The van der Waals surface area contributed by atoms with E-state index in [-0.39, 0.29) is 5.92 Å². The molecule has 1 aromatic carbocycles. The van der Waals surface area contributed by atoms with Gasteiger partial charge in [0.1, 0.15) is 0 Å². The zero-order valence-corrected chi connectivity index (χ0v) is 16.5. The molecule has 2 aliphatic carbocycles. The molecule has 0 radical (unpaired) electrons. The van der Waals surface area contributed by atoms with Gasteiger partial charge in [0.2, 0.25) is 0 Å². The van der Waals surface area contributed by atoms with E-state index in [1.807, 2.05) is 0 Å². The van der Waals surface area contributed by atoms with E-state index in [4.69, 9.17) is 0 Å². The molecule has 2 saturated carbocycles. The van der Waals surface area contributed by atoms with Gasteiger partial charge in [-0.2, -0.15) is 8.78 Å². The highest BCUT2D eigenvalue weighted by atomic mass is 19.3. The molecule has 28 heavy (non-hydrogen) atoms. The van der Waals surface area contributed by atoms with Gasteiger partial charge in [-0.3, -0.25) is 0 Å². The lowest BCUT2D eigenvalue weighted by atomic mass is 9.68. The van der Waals surface area contributed by atoms with Crippen LogP contribution in [-0.2, 0) is 0 Å². The Bertz CT molecular complexity index is 634. The molecule has 0 amide bonds. The Morgan fingerprint density at radius 1 is 0.929 bits per heavy atom. The molecule has 156 valence electrons. The molecule has 2 fully saturated rings. The predicted octanol–water partition coefficient (Wildman–Crippen LogP) is 7.61. The molecule has 0 heterocycles. The SMILES string of the molecule is CC/C=C/C1CCC(C2CCC(c3cc(F)c(OC(F)F)c(F)c3)CC2)CC1. The third-order valence-electron chi connectivity index (χ3n) is 6.60. The first kappa shape index (κ1) is 21.2. The summed E-state index contributed by atoms with van der Waals surface area (Å²) in [5, 5.41) is 0. The molecule has 0 bridgehead atoms. The molecular weight excluding hydrogens is 368 g/mol. The van der Waals surface area contributed by atoms with Crippen molar-refractivity contribution in [3.05, 3.63) is 41.5 Å². The van der Waals surface area contributed by atoms with E-state index in [1.165, 1.54) is 25.7 Å². The molecule has 0 unspecified atom stereocenters. The highest BCUT2D eigenvalue weighted by Gasteiger charge is 2.31. The van der Waals surface area contributed by atoms with Gasteiger partial charge in [-0.25, -0.2) is 8.78 Å². The Balaban J connectivity index is 1.54. The Labute approximate surface area is 165 Å². The van der Waals surface area contributed by atoms with Gasteiger partial charge in [-0.1, -0.05) is 19.1 Å². The minimum atomic E-state index is -3.24. The molecule has 2 aliphatic rings. The van der Waals surface area contributed by atoms with Gasteiger partial charge in [0.15, 0.2) is 17.4 Å². The normalized spacial score (nSPS) is 28.8. The van der Waals surface area contributed by atoms with Crippen LogP contribution in [0.4, 0.5) is 17.6 Å². The van der Waals surface area contributed by atoms with E-state index in [0.29, 0.717) is 11.5 Å². The molecule has 0 atom stereocenters. The monoisotopic (exact) mass is 398 g/mol. The topological polar surface area (TPSA) is 9.23 Å². The summed E-state index contributed by atoms with van der Waals surface area (Å²) < 4.78 is 56.6. The third-order valence-corrected chi connectivity index (χ3v) is 6.60. The zero-order valence-electron chi connectivity index (χ0n) is 16.5. The quantitative estimate of drug-likeness (QED) is 0.354. The molecule has 0 aromatic heterocycles. The van der Waals surface area contributed by atoms with Crippen molar-refractivity contribution < 1.29 is 22.3 Å². The smallest absolute Gasteiger partial charge is 0.387 e. The molecule has 0 aliphatic heterocycles. The first-order valence-electron chi connectivity index (χ1n) is 10.6. The number of ether oxygens (including phenoxy) is 1. The number of hydrogen-bond acceptors (Lipinski definition) is 1. The number of benzene rings is 1. The van der Waals surface area contributed by atoms with E-state index >= 15 is 0 Å². The lowest BCUT2D eigenvalue weighted by molar-refractivity contribution is -0.0546. The molecule has 1 nitrogen and oxygen atoms in total. The zero-order chi connectivity index (χ0) is 20.1. The van der Waals surface area contributed by atoms with Crippen molar-refractivity contribution in [3.8, 4) is 5.75 Å². The van der Waals surface area contributed by atoms with E-state index in [0.717, 1.165) is 56.1 Å². The van der Waals surface area contributed by atoms with Crippen molar-refractivity contribution in [2.75, 3.05) is 0 Å². The summed E-state index contributed by atoms with van der Waals surface area (Å²) in [6.45, 7) is -1.07. The number of alkyl halides is 2. The first-order valence-corrected chi connectivity index (χ1v) is 10.6. The maximum Gasteiger partial charge on any atom is 0.387 e. The fourth-order valence-corrected chi connectivity index (χ4v) is 5.08. The van der Waals surface area contributed by atoms with Crippen LogP contribution in [-0.4, -0.2) is 6.61 Å². The molecule has 0 N–H and O–H groups in total. The van der Waals surface area contributed by atoms with Crippen LogP contribution in [0.3, 0.4) is 0 Å². The van der Waals surface area contributed by atoms with Crippen LogP contribution in [0, 0.1) is 29.4 Å². The van der Waals surface area contributed by atoms with Crippen molar-refractivity contribution >= 4 is 0 Å². The number of hydrogen-bond donors (Lipinski definition) is 0. The van der Waals surface area contributed by atoms with E-state index < -0.39 is 24.0 Å². The van der Waals surface area contributed by atoms with Crippen LogP contribution in [0.25, 0.3) is 0 Å². The maximum absolute atomic E-state index is 14.0. The summed E-state index contributed by atoms with van der Waals surface area (Å²) in [6, 6.07) is 2.33. The molecule has 5 heteroatoms. The third kappa shape index (κ3) is 5.30. The summed E-state index contributed by atoms with van der Waals surface area (Å²) >= 11 is 0. The largest absolute Gasteiger partial charge is 0.429 e. The first-order chi connectivity index (χ1) is 13.5. The molecule has 3 rings (SSSR count). The Morgan fingerprint density at radius 2 is 1.46 bits per heavy atom. The van der Waals surface area contributed by atoms with Crippen LogP contribution in [0.2, 0.25) is 0 Å². The second kappa shape index (κ2) is 9.80. The van der Waals surface area contributed by atoms with Crippen molar-refractivity contribution in [3.63, 3.8) is 0 Å². The summed E-state index contributed by atoms with van der Waals surface area (Å²) in [4.78, 5) is 0. The second-order valence-corrected chi connectivity index (χ2v) is 8.32.